The van der Waals surface area contributed by atoms with Gasteiger partial charge in [0, 0.05) is 35.3 Å². The third-order valence-corrected chi connectivity index (χ3v) is 8.71. The Kier molecular flexibility index (Phi) is 8.02. The molecule has 43 heavy (non-hydrogen) atoms. The van der Waals surface area contributed by atoms with Crippen molar-refractivity contribution in [3.8, 4) is 28.4 Å². The Bertz CT molecular complexity index is 1830. The fourth-order valence-corrected chi connectivity index (χ4v) is 6.08. The van der Waals surface area contributed by atoms with Crippen LogP contribution in [0, 0.1) is 12.7 Å². The van der Waals surface area contributed by atoms with Crippen LogP contribution in [0.25, 0.3) is 11.1 Å². The van der Waals surface area contributed by atoms with E-state index in [9.17, 15) is 17.6 Å². The molecule has 0 radical (unpaired) electrons. The van der Waals surface area contributed by atoms with Crippen molar-refractivity contribution in [3.05, 3.63) is 94.8 Å². The van der Waals surface area contributed by atoms with Gasteiger partial charge in [-0.2, -0.15) is 8.42 Å². The molecule has 0 unspecified atom stereocenters. The van der Waals surface area contributed by atoms with Gasteiger partial charge in [0.15, 0.2) is 0 Å². The average molecular weight is 625 g/mol. The number of nitrogens with zero attached hydrogens (tertiary/aromatic N) is 1. The van der Waals surface area contributed by atoms with Gasteiger partial charge >= 0.3 is 10.1 Å². The van der Waals surface area contributed by atoms with Gasteiger partial charge in [0.25, 0.3) is 5.91 Å². The van der Waals surface area contributed by atoms with Gasteiger partial charge in [0.2, 0.25) is 0 Å². The summed E-state index contributed by atoms with van der Waals surface area (Å²) in [7, 11) is -0.988. The smallest absolute Gasteiger partial charge is 0.339 e. The van der Waals surface area contributed by atoms with Crippen LogP contribution in [0.2, 0.25) is 5.02 Å². The summed E-state index contributed by atoms with van der Waals surface area (Å²) in [5.41, 5.74) is 3.13. The number of ether oxygens (including phenoxy) is 2. The van der Waals surface area contributed by atoms with Crippen molar-refractivity contribution in [1.82, 2.24) is 0 Å². The molecule has 1 heterocycles. The molecule has 1 aliphatic heterocycles. The van der Waals surface area contributed by atoms with Crippen LogP contribution in [0.1, 0.15) is 25.0 Å². The quantitative estimate of drug-likeness (QED) is 0.211. The molecule has 5 rings (SSSR count). The lowest BCUT2D eigenvalue weighted by Crippen LogP contribution is -2.52. The molecule has 8 nitrogen and oxygen atoms in total. The highest BCUT2D eigenvalue weighted by molar-refractivity contribution is 7.87. The van der Waals surface area contributed by atoms with Crippen molar-refractivity contribution in [2.45, 2.75) is 37.8 Å². The summed E-state index contributed by atoms with van der Waals surface area (Å²) in [6.45, 7) is 5.41. The zero-order valence-electron chi connectivity index (χ0n) is 24.2. The van der Waals surface area contributed by atoms with Crippen LogP contribution in [0.5, 0.6) is 17.2 Å². The predicted octanol–water partition coefficient (Wildman–Crippen LogP) is 6.98. The number of rotatable bonds is 8. The van der Waals surface area contributed by atoms with Gasteiger partial charge in [-0.15, -0.1) is 0 Å². The Morgan fingerprint density at radius 1 is 0.953 bits per heavy atom. The number of halogens is 2. The molecule has 1 aliphatic rings. The SMILES string of the molecule is COc1cc(OS(=O)(=O)c2ccc(Cl)cc2)ccc1-c1ccc2c(c1COc1cc(F)ccc1C)N(C)C(=O)C(C)(C)N2. The molecule has 11 heteroatoms. The van der Waals surface area contributed by atoms with E-state index in [0.717, 1.165) is 11.3 Å². The van der Waals surface area contributed by atoms with E-state index in [2.05, 4.69) is 5.32 Å². The number of aryl methyl sites for hydroxylation is 1. The van der Waals surface area contributed by atoms with Crippen LogP contribution in [0.4, 0.5) is 15.8 Å². The van der Waals surface area contributed by atoms with Crippen molar-refractivity contribution < 1.29 is 31.3 Å². The maximum Gasteiger partial charge on any atom is 0.339 e. The fourth-order valence-electron chi connectivity index (χ4n) is 5.03. The molecule has 0 saturated heterocycles. The summed E-state index contributed by atoms with van der Waals surface area (Å²) in [4.78, 5) is 14.8. The Balaban J connectivity index is 1.59. The topological polar surface area (TPSA) is 94.2 Å². The van der Waals surface area contributed by atoms with Crippen molar-refractivity contribution in [2.24, 2.45) is 0 Å². The lowest BCUT2D eigenvalue weighted by Gasteiger charge is -2.39. The number of methoxy groups -OCH3 is 1. The highest BCUT2D eigenvalue weighted by atomic mass is 35.5. The maximum atomic E-state index is 14.0. The van der Waals surface area contributed by atoms with Crippen LogP contribution in [-0.4, -0.2) is 34.0 Å². The van der Waals surface area contributed by atoms with E-state index >= 15 is 0 Å². The molecule has 224 valence electrons. The van der Waals surface area contributed by atoms with E-state index in [1.54, 1.807) is 37.9 Å². The van der Waals surface area contributed by atoms with E-state index in [1.165, 1.54) is 55.6 Å². The monoisotopic (exact) mass is 624 g/mol. The Hall–Kier alpha value is -4.28. The van der Waals surface area contributed by atoms with Gasteiger partial charge in [-0.05, 0) is 80.4 Å². The second-order valence-electron chi connectivity index (χ2n) is 10.7. The average Bonchev–Trinajstić information content (AvgIpc) is 2.96. The van der Waals surface area contributed by atoms with Gasteiger partial charge in [-0.3, -0.25) is 4.79 Å². The van der Waals surface area contributed by atoms with Crippen LogP contribution in [-0.2, 0) is 21.5 Å². The summed E-state index contributed by atoms with van der Waals surface area (Å²) in [5.74, 6) is 0.146. The first-order valence-electron chi connectivity index (χ1n) is 13.3. The number of likely N-dealkylation sites (N-methyl/N-ethyl adjacent to an activating group) is 1. The number of anilines is 2. The predicted molar refractivity (Wildman–Crippen MR) is 164 cm³/mol. The molecule has 0 fully saturated rings. The highest BCUT2D eigenvalue weighted by Crippen LogP contribution is 2.45. The third-order valence-electron chi connectivity index (χ3n) is 7.20. The minimum absolute atomic E-state index is 0.00508. The van der Waals surface area contributed by atoms with Crippen LogP contribution < -0.4 is 23.9 Å². The largest absolute Gasteiger partial charge is 0.496 e. The van der Waals surface area contributed by atoms with Crippen molar-refractivity contribution in [1.29, 1.82) is 0 Å². The van der Waals surface area contributed by atoms with Crippen LogP contribution in [0.15, 0.2) is 77.7 Å². The van der Waals surface area contributed by atoms with E-state index in [-0.39, 0.29) is 23.2 Å². The third kappa shape index (κ3) is 5.98. The van der Waals surface area contributed by atoms with Crippen molar-refractivity contribution >= 4 is 39.0 Å². The van der Waals surface area contributed by atoms with E-state index in [1.807, 2.05) is 19.1 Å². The standard InChI is InChI=1S/C32H30ClFN2O6S/c1-19-6-9-21(34)16-28(19)41-18-26-24(14-15-27-30(26)36(4)31(37)32(2,3)35-27)25-13-10-22(17-29(25)40-5)42-43(38,39)23-11-7-20(33)8-12-23/h6-17,35H,18H2,1-5H3. The summed E-state index contributed by atoms with van der Waals surface area (Å²) < 4.78 is 57.0. The molecular weight excluding hydrogens is 595 g/mol. The molecule has 0 bridgehead atoms. The summed E-state index contributed by atoms with van der Waals surface area (Å²) in [5, 5.41) is 3.70. The molecule has 0 spiro atoms. The normalized spacial score (nSPS) is 14.1. The van der Waals surface area contributed by atoms with Gasteiger partial charge < -0.3 is 23.9 Å². The number of amides is 1. The van der Waals surface area contributed by atoms with Crippen molar-refractivity contribution in [3.63, 3.8) is 0 Å². The molecule has 0 aromatic heterocycles. The summed E-state index contributed by atoms with van der Waals surface area (Å²) in [6.07, 6.45) is 0. The molecule has 1 N–H and O–H groups in total. The highest BCUT2D eigenvalue weighted by Gasteiger charge is 2.39. The van der Waals surface area contributed by atoms with E-state index in [4.69, 9.17) is 25.3 Å². The molecule has 0 atom stereocenters. The molecular formula is C32H30ClFN2O6S. The Labute approximate surface area is 255 Å². The number of carbonyl (C=O) groups is 1. The van der Waals surface area contributed by atoms with Gasteiger partial charge in [-0.25, -0.2) is 4.39 Å². The zero-order valence-corrected chi connectivity index (χ0v) is 25.8. The number of fused-ring (bicyclic) bond motifs is 1. The Morgan fingerprint density at radius 2 is 1.65 bits per heavy atom. The number of hydrogen-bond donors (Lipinski definition) is 1. The first kappa shape index (κ1) is 30.2. The number of benzene rings is 4. The van der Waals surface area contributed by atoms with Crippen LogP contribution in [0.3, 0.4) is 0 Å². The van der Waals surface area contributed by atoms with E-state index < -0.39 is 21.5 Å². The maximum absolute atomic E-state index is 14.0. The van der Waals surface area contributed by atoms with Gasteiger partial charge in [0.05, 0.1) is 18.5 Å². The number of hydrogen-bond acceptors (Lipinski definition) is 7. The lowest BCUT2D eigenvalue weighted by atomic mass is 9.91. The van der Waals surface area contributed by atoms with Gasteiger partial charge in [-0.1, -0.05) is 23.7 Å². The second kappa shape index (κ2) is 11.4. The summed E-state index contributed by atoms with van der Waals surface area (Å²) in [6, 6.07) is 18.3. The van der Waals surface area contributed by atoms with Gasteiger partial charge in [0.1, 0.15) is 40.1 Å². The minimum atomic E-state index is -4.14. The number of carbonyl (C=O) groups excluding carboxylic acids is 1. The molecule has 0 saturated carbocycles. The molecule has 1 amide bonds. The van der Waals surface area contributed by atoms with Crippen molar-refractivity contribution in [2.75, 3.05) is 24.4 Å². The Morgan fingerprint density at radius 3 is 2.35 bits per heavy atom. The molecule has 0 aliphatic carbocycles. The first-order chi connectivity index (χ1) is 20.3. The molecule has 4 aromatic carbocycles. The summed E-state index contributed by atoms with van der Waals surface area (Å²) >= 11 is 5.89. The fraction of sp³-hybridized carbons (Fsp3) is 0.219. The molecule has 4 aromatic rings. The minimum Gasteiger partial charge on any atom is -0.496 e. The zero-order chi connectivity index (χ0) is 31.1. The van der Waals surface area contributed by atoms with E-state index in [0.29, 0.717) is 38.9 Å². The van der Waals surface area contributed by atoms with Crippen LogP contribution >= 0.6 is 11.6 Å². The second-order valence-corrected chi connectivity index (χ2v) is 12.6. The first-order valence-corrected chi connectivity index (χ1v) is 15.1. The number of nitrogens with one attached hydrogen (secondary N) is 1. The lowest BCUT2D eigenvalue weighted by molar-refractivity contribution is -0.121.